The summed E-state index contributed by atoms with van der Waals surface area (Å²) in [6.45, 7) is 6.81. The lowest BCUT2D eigenvalue weighted by Gasteiger charge is -2.21. The van der Waals surface area contributed by atoms with Crippen LogP contribution in [0.2, 0.25) is 0 Å². The van der Waals surface area contributed by atoms with E-state index in [0.717, 1.165) is 27.7 Å². The van der Waals surface area contributed by atoms with Gasteiger partial charge in [-0.2, -0.15) is 0 Å². The Balaban J connectivity index is 1.31. The zero-order valence-electron chi connectivity index (χ0n) is 26.8. The van der Waals surface area contributed by atoms with Crippen LogP contribution in [0.5, 0.6) is 0 Å². The number of hydrogen-bond acceptors (Lipinski definition) is 1. The molecule has 0 N–H and O–H groups in total. The van der Waals surface area contributed by atoms with Crippen molar-refractivity contribution in [1.82, 2.24) is 0 Å². The highest BCUT2D eigenvalue weighted by Gasteiger charge is 2.20. The van der Waals surface area contributed by atoms with Crippen LogP contribution in [0, 0.1) is 0 Å². The minimum absolute atomic E-state index is 0.108. The van der Waals surface area contributed by atoms with Crippen LogP contribution in [0.15, 0.2) is 156 Å². The minimum Gasteiger partial charge on any atom is -0.455 e. The van der Waals surface area contributed by atoms with Gasteiger partial charge in [0.05, 0.1) is 0 Å². The molecule has 0 aliphatic rings. The minimum atomic E-state index is 0.108. The first-order valence-corrected chi connectivity index (χ1v) is 16.4. The molecule has 8 aromatic carbocycles. The first-order valence-electron chi connectivity index (χ1n) is 16.4. The van der Waals surface area contributed by atoms with Crippen LogP contribution in [0.25, 0.3) is 87.6 Å². The van der Waals surface area contributed by atoms with E-state index in [1.54, 1.807) is 0 Å². The van der Waals surface area contributed by atoms with E-state index in [9.17, 15) is 0 Å². The molecule has 9 rings (SSSR count). The lowest BCUT2D eigenvalue weighted by molar-refractivity contribution is 0.590. The second kappa shape index (κ2) is 10.4. The van der Waals surface area contributed by atoms with Gasteiger partial charge in [0, 0.05) is 16.3 Å². The Bertz CT molecular complexity index is 2590. The van der Waals surface area contributed by atoms with Gasteiger partial charge in [-0.25, -0.2) is 0 Å². The summed E-state index contributed by atoms with van der Waals surface area (Å²) in [5, 5.41) is 9.80. The summed E-state index contributed by atoms with van der Waals surface area (Å²) in [6.07, 6.45) is 0. The maximum absolute atomic E-state index is 6.63. The highest BCUT2D eigenvalue weighted by Crippen LogP contribution is 2.46. The molecule has 0 bridgehead atoms. The van der Waals surface area contributed by atoms with Crippen molar-refractivity contribution in [2.24, 2.45) is 0 Å². The molecule has 224 valence electrons. The van der Waals surface area contributed by atoms with Crippen molar-refractivity contribution in [2.75, 3.05) is 0 Å². The van der Waals surface area contributed by atoms with Crippen LogP contribution >= 0.6 is 0 Å². The Labute approximate surface area is 274 Å². The smallest absolute Gasteiger partial charge is 0.143 e. The summed E-state index contributed by atoms with van der Waals surface area (Å²) in [6, 6.07) is 55.3. The third kappa shape index (κ3) is 4.38. The van der Waals surface area contributed by atoms with Crippen LogP contribution in [0.4, 0.5) is 0 Å². The van der Waals surface area contributed by atoms with Crippen molar-refractivity contribution in [2.45, 2.75) is 26.2 Å². The summed E-state index contributed by atoms with van der Waals surface area (Å²) in [7, 11) is 0. The number of hydrogen-bond donors (Lipinski definition) is 0. The van der Waals surface area contributed by atoms with Crippen molar-refractivity contribution in [3.8, 4) is 33.4 Å². The summed E-state index contributed by atoms with van der Waals surface area (Å²) in [5.74, 6) is 0. The van der Waals surface area contributed by atoms with Gasteiger partial charge in [-0.05, 0) is 89.3 Å². The van der Waals surface area contributed by atoms with Gasteiger partial charge >= 0.3 is 0 Å². The van der Waals surface area contributed by atoms with Crippen molar-refractivity contribution in [3.05, 3.63) is 157 Å². The molecule has 0 atom stereocenters. The average Bonchev–Trinajstić information content (AvgIpc) is 3.50. The summed E-state index contributed by atoms with van der Waals surface area (Å²) in [4.78, 5) is 0. The molecule has 1 aromatic heterocycles. The molecule has 47 heavy (non-hydrogen) atoms. The van der Waals surface area contributed by atoms with E-state index in [0.29, 0.717) is 0 Å². The maximum Gasteiger partial charge on any atom is 0.143 e. The molecule has 0 unspecified atom stereocenters. The van der Waals surface area contributed by atoms with E-state index in [1.165, 1.54) is 65.5 Å². The van der Waals surface area contributed by atoms with Gasteiger partial charge in [0.25, 0.3) is 0 Å². The SMILES string of the molecule is CC(C)(C)c1ccc(-c2c3ccccc3c(-c3cccc(-c4cc5ccccc5c5c4oc4ccccc45)c3)c3ccccc23)cc1. The molecular weight excluding hydrogens is 569 g/mol. The van der Waals surface area contributed by atoms with Crippen molar-refractivity contribution < 1.29 is 4.42 Å². The van der Waals surface area contributed by atoms with Crippen LogP contribution in [0.3, 0.4) is 0 Å². The molecule has 0 radical (unpaired) electrons. The molecule has 1 heteroatoms. The molecule has 1 heterocycles. The van der Waals surface area contributed by atoms with Crippen LogP contribution in [-0.2, 0) is 5.41 Å². The van der Waals surface area contributed by atoms with Gasteiger partial charge in [-0.1, -0.05) is 154 Å². The van der Waals surface area contributed by atoms with E-state index in [4.69, 9.17) is 4.42 Å². The number of fused-ring (bicyclic) bond motifs is 7. The van der Waals surface area contributed by atoms with Gasteiger partial charge in [0.1, 0.15) is 11.2 Å². The largest absolute Gasteiger partial charge is 0.455 e. The Morgan fingerprint density at radius 3 is 1.60 bits per heavy atom. The van der Waals surface area contributed by atoms with E-state index in [2.05, 4.69) is 166 Å². The fourth-order valence-corrected chi connectivity index (χ4v) is 7.52. The Morgan fingerprint density at radius 2 is 0.957 bits per heavy atom. The van der Waals surface area contributed by atoms with E-state index >= 15 is 0 Å². The topological polar surface area (TPSA) is 13.1 Å². The van der Waals surface area contributed by atoms with E-state index in [1.807, 2.05) is 6.07 Å². The number of benzene rings is 8. The fraction of sp³-hybridized carbons (Fsp3) is 0.0870. The fourth-order valence-electron chi connectivity index (χ4n) is 7.52. The van der Waals surface area contributed by atoms with Gasteiger partial charge in [-0.15, -0.1) is 0 Å². The zero-order chi connectivity index (χ0) is 31.7. The molecule has 0 saturated carbocycles. The lowest BCUT2D eigenvalue weighted by Crippen LogP contribution is -2.10. The van der Waals surface area contributed by atoms with Crippen LogP contribution < -0.4 is 0 Å². The summed E-state index contributed by atoms with van der Waals surface area (Å²) < 4.78 is 6.63. The highest BCUT2D eigenvalue weighted by atomic mass is 16.3. The third-order valence-corrected chi connectivity index (χ3v) is 9.80. The summed E-state index contributed by atoms with van der Waals surface area (Å²) >= 11 is 0. The first-order chi connectivity index (χ1) is 23.0. The number of para-hydroxylation sites is 1. The van der Waals surface area contributed by atoms with Crippen molar-refractivity contribution in [1.29, 1.82) is 0 Å². The maximum atomic E-state index is 6.63. The van der Waals surface area contributed by atoms with Crippen molar-refractivity contribution >= 4 is 54.3 Å². The number of furan rings is 1. The summed E-state index contributed by atoms with van der Waals surface area (Å²) in [5.41, 5.74) is 10.5. The Morgan fingerprint density at radius 1 is 0.426 bits per heavy atom. The molecular formula is C46H34O. The standard InChI is InChI=1S/C46H34O/c1-46(2,3)33-25-23-29(24-26-33)42-35-17-6-8-19-37(35)43(38-20-9-7-18-36(38)42)32-15-12-14-30(27-32)40-28-31-13-4-5-16-34(31)44-39-21-10-11-22-41(39)47-45(40)44/h4-28H,1-3H3. The molecule has 0 spiro atoms. The predicted molar refractivity (Wildman–Crippen MR) is 201 cm³/mol. The van der Waals surface area contributed by atoms with Crippen LogP contribution in [0.1, 0.15) is 26.3 Å². The Kier molecular flexibility index (Phi) is 6.14. The lowest BCUT2D eigenvalue weighted by atomic mass is 9.83. The van der Waals surface area contributed by atoms with Gasteiger partial charge in [0.2, 0.25) is 0 Å². The highest BCUT2D eigenvalue weighted by molar-refractivity contribution is 6.24. The molecule has 9 aromatic rings. The van der Waals surface area contributed by atoms with E-state index < -0.39 is 0 Å². The Hall–Kier alpha value is -5.66. The molecule has 0 amide bonds. The van der Waals surface area contributed by atoms with Gasteiger partial charge < -0.3 is 4.42 Å². The second-order valence-corrected chi connectivity index (χ2v) is 13.7. The zero-order valence-corrected chi connectivity index (χ0v) is 26.8. The predicted octanol–water partition coefficient (Wildman–Crippen LogP) is 13.3. The van der Waals surface area contributed by atoms with E-state index in [-0.39, 0.29) is 5.41 Å². The molecule has 0 aliphatic heterocycles. The monoisotopic (exact) mass is 602 g/mol. The second-order valence-electron chi connectivity index (χ2n) is 13.7. The van der Waals surface area contributed by atoms with Crippen molar-refractivity contribution in [3.63, 3.8) is 0 Å². The molecule has 0 fully saturated rings. The molecule has 0 aliphatic carbocycles. The molecule has 1 nitrogen and oxygen atoms in total. The normalized spacial score (nSPS) is 12.1. The first kappa shape index (κ1) is 27.6. The van der Waals surface area contributed by atoms with Crippen LogP contribution in [-0.4, -0.2) is 0 Å². The third-order valence-electron chi connectivity index (χ3n) is 9.80. The van der Waals surface area contributed by atoms with Gasteiger partial charge in [0.15, 0.2) is 0 Å². The quantitative estimate of drug-likeness (QED) is 0.183. The number of rotatable bonds is 3. The average molecular weight is 603 g/mol. The molecule has 0 saturated heterocycles. The van der Waals surface area contributed by atoms with Gasteiger partial charge in [-0.3, -0.25) is 0 Å².